The van der Waals surface area contributed by atoms with Crippen LogP contribution in [0.15, 0.2) is 18.2 Å². The van der Waals surface area contributed by atoms with Crippen molar-refractivity contribution in [3.63, 3.8) is 0 Å². The molecule has 1 N–H and O–H groups in total. The van der Waals surface area contributed by atoms with E-state index in [9.17, 15) is 5.11 Å². The van der Waals surface area contributed by atoms with E-state index >= 15 is 0 Å². The van der Waals surface area contributed by atoms with Gasteiger partial charge in [-0.3, -0.25) is 0 Å². The van der Waals surface area contributed by atoms with Gasteiger partial charge in [0, 0.05) is 6.07 Å². The summed E-state index contributed by atoms with van der Waals surface area (Å²) in [5.41, 5.74) is 0.855. The molecular weight excluding hydrogens is 384 g/mol. The van der Waals surface area contributed by atoms with Crippen LogP contribution in [0, 0.1) is 5.92 Å². The predicted molar refractivity (Wildman–Crippen MR) is 133 cm³/mol. The first-order chi connectivity index (χ1) is 15.2. The minimum absolute atomic E-state index is 0.0129. The lowest BCUT2D eigenvalue weighted by molar-refractivity contribution is 0.229. The van der Waals surface area contributed by atoms with Gasteiger partial charge in [-0.1, -0.05) is 104 Å². The molecule has 0 aliphatic carbocycles. The molecule has 0 aliphatic rings. The molecule has 1 atom stereocenters. The highest BCUT2D eigenvalue weighted by atomic mass is 16.5. The molecule has 0 amide bonds. The Hall–Kier alpha value is -1.22. The van der Waals surface area contributed by atoms with Crippen molar-refractivity contribution in [1.82, 2.24) is 0 Å². The van der Waals surface area contributed by atoms with Crippen LogP contribution in [-0.4, -0.2) is 18.3 Å². The van der Waals surface area contributed by atoms with Gasteiger partial charge in [-0.25, -0.2) is 0 Å². The molecule has 0 bridgehead atoms. The lowest BCUT2D eigenvalue weighted by Crippen LogP contribution is -2.11. The van der Waals surface area contributed by atoms with Gasteiger partial charge in [-0.15, -0.1) is 0 Å². The maximum absolute atomic E-state index is 9.59. The van der Waals surface area contributed by atoms with Crippen molar-refractivity contribution in [1.29, 1.82) is 0 Å². The van der Waals surface area contributed by atoms with Gasteiger partial charge in [-0.2, -0.15) is 0 Å². The molecule has 1 aromatic rings. The van der Waals surface area contributed by atoms with Gasteiger partial charge in [0.25, 0.3) is 0 Å². The summed E-state index contributed by atoms with van der Waals surface area (Å²) in [5.74, 6) is 2.23. The quantitative estimate of drug-likeness (QED) is 0.197. The number of hydrogen-bond acceptors (Lipinski definition) is 3. The third-order valence-electron chi connectivity index (χ3n) is 6.17. The lowest BCUT2D eigenvalue weighted by Gasteiger charge is -2.17. The van der Waals surface area contributed by atoms with Crippen LogP contribution in [0.2, 0.25) is 0 Å². The average molecular weight is 435 g/mol. The van der Waals surface area contributed by atoms with Gasteiger partial charge in [0.1, 0.15) is 11.5 Å². The first-order valence-corrected chi connectivity index (χ1v) is 13.2. The Labute approximate surface area is 192 Å². The Morgan fingerprint density at radius 3 is 1.77 bits per heavy atom. The van der Waals surface area contributed by atoms with E-state index < -0.39 is 0 Å². The minimum Gasteiger partial charge on any atom is -0.493 e. The van der Waals surface area contributed by atoms with Crippen molar-refractivity contribution in [3.05, 3.63) is 23.8 Å². The minimum atomic E-state index is 0.0129. The van der Waals surface area contributed by atoms with Crippen LogP contribution in [-0.2, 0) is 6.61 Å². The summed E-state index contributed by atoms with van der Waals surface area (Å²) in [6.45, 7) is 8.23. The summed E-state index contributed by atoms with van der Waals surface area (Å²) in [6, 6.07) is 5.84. The Balaban J connectivity index is 2.23. The summed E-state index contributed by atoms with van der Waals surface area (Å²) in [7, 11) is 0. The molecule has 0 fully saturated rings. The summed E-state index contributed by atoms with van der Waals surface area (Å²) in [6.07, 6.45) is 19.6. The molecule has 31 heavy (non-hydrogen) atoms. The van der Waals surface area contributed by atoms with Gasteiger partial charge in [0.15, 0.2) is 0 Å². The topological polar surface area (TPSA) is 38.7 Å². The monoisotopic (exact) mass is 434 g/mol. The van der Waals surface area contributed by atoms with Gasteiger partial charge in [-0.05, 0) is 36.5 Å². The van der Waals surface area contributed by atoms with Gasteiger partial charge < -0.3 is 14.6 Å². The maximum Gasteiger partial charge on any atom is 0.123 e. The Morgan fingerprint density at radius 2 is 1.23 bits per heavy atom. The molecule has 0 aliphatic heterocycles. The average Bonchev–Trinajstić information content (AvgIpc) is 2.79. The van der Waals surface area contributed by atoms with Gasteiger partial charge >= 0.3 is 0 Å². The van der Waals surface area contributed by atoms with E-state index in [1.165, 1.54) is 83.5 Å². The molecule has 0 radical (unpaired) electrons. The highest BCUT2D eigenvalue weighted by Crippen LogP contribution is 2.25. The highest BCUT2D eigenvalue weighted by Gasteiger charge is 2.09. The molecular formula is C28H50O3. The zero-order chi connectivity index (χ0) is 22.6. The van der Waals surface area contributed by atoms with E-state index in [4.69, 9.17) is 9.47 Å². The van der Waals surface area contributed by atoms with Crippen LogP contribution in [0.1, 0.15) is 123 Å². The number of unbranched alkanes of at least 4 members (excludes halogenated alkanes) is 11. The molecule has 3 nitrogen and oxygen atoms in total. The molecule has 0 spiro atoms. The van der Waals surface area contributed by atoms with Crippen molar-refractivity contribution in [2.75, 3.05) is 13.2 Å². The number of aliphatic hydroxyl groups is 1. The van der Waals surface area contributed by atoms with Crippen molar-refractivity contribution < 1.29 is 14.6 Å². The number of hydrogen-bond donors (Lipinski definition) is 1. The summed E-state index contributed by atoms with van der Waals surface area (Å²) >= 11 is 0. The number of ether oxygens (including phenoxy) is 2. The van der Waals surface area contributed by atoms with Crippen molar-refractivity contribution >= 4 is 0 Å². The molecule has 3 heteroatoms. The van der Waals surface area contributed by atoms with Crippen molar-refractivity contribution in [3.8, 4) is 11.5 Å². The van der Waals surface area contributed by atoms with Crippen LogP contribution < -0.4 is 9.47 Å². The van der Waals surface area contributed by atoms with Crippen LogP contribution in [0.25, 0.3) is 0 Å². The number of benzene rings is 1. The molecule has 0 saturated heterocycles. The van der Waals surface area contributed by atoms with E-state index in [0.29, 0.717) is 5.92 Å². The molecule has 0 aromatic heterocycles. The van der Waals surface area contributed by atoms with E-state index in [1.807, 2.05) is 18.2 Å². The maximum atomic E-state index is 9.59. The zero-order valence-electron chi connectivity index (χ0n) is 20.8. The molecule has 0 saturated carbocycles. The highest BCUT2D eigenvalue weighted by molar-refractivity contribution is 5.38. The Morgan fingerprint density at radius 1 is 0.677 bits per heavy atom. The first kappa shape index (κ1) is 27.8. The second kappa shape index (κ2) is 19.5. The molecule has 0 heterocycles. The largest absolute Gasteiger partial charge is 0.493 e. The molecule has 1 aromatic carbocycles. The van der Waals surface area contributed by atoms with Crippen molar-refractivity contribution in [2.45, 2.75) is 124 Å². The SMILES string of the molecule is CCCCCCCCCCCCCOc1cc(CO)cc(OCC(CC)CCCC)c1. The van der Waals surface area contributed by atoms with Crippen LogP contribution >= 0.6 is 0 Å². The van der Waals surface area contributed by atoms with Crippen LogP contribution in [0.5, 0.6) is 11.5 Å². The number of aliphatic hydroxyl groups excluding tert-OH is 1. The summed E-state index contributed by atoms with van der Waals surface area (Å²) in [5, 5.41) is 9.59. The predicted octanol–water partition coefficient (Wildman–Crippen LogP) is 8.46. The third-order valence-corrected chi connectivity index (χ3v) is 6.17. The van der Waals surface area contributed by atoms with Gasteiger partial charge in [0.05, 0.1) is 19.8 Å². The van der Waals surface area contributed by atoms with E-state index in [0.717, 1.165) is 43.1 Å². The lowest BCUT2D eigenvalue weighted by atomic mass is 10.0. The molecule has 180 valence electrons. The summed E-state index contributed by atoms with van der Waals surface area (Å²) < 4.78 is 12.0. The third kappa shape index (κ3) is 14.5. The van der Waals surface area contributed by atoms with E-state index in [2.05, 4.69) is 20.8 Å². The number of rotatable bonds is 21. The van der Waals surface area contributed by atoms with Crippen LogP contribution in [0.3, 0.4) is 0 Å². The fraction of sp³-hybridized carbons (Fsp3) is 0.786. The van der Waals surface area contributed by atoms with Crippen LogP contribution in [0.4, 0.5) is 0 Å². The first-order valence-electron chi connectivity index (χ1n) is 13.2. The smallest absolute Gasteiger partial charge is 0.123 e. The molecule has 1 unspecified atom stereocenters. The van der Waals surface area contributed by atoms with Crippen molar-refractivity contribution in [2.24, 2.45) is 5.92 Å². The normalized spacial score (nSPS) is 12.1. The fourth-order valence-electron chi connectivity index (χ4n) is 3.96. The summed E-state index contributed by atoms with van der Waals surface area (Å²) in [4.78, 5) is 0. The zero-order valence-corrected chi connectivity index (χ0v) is 20.8. The molecule has 1 rings (SSSR count). The van der Waals surface area contributed by atoms with Gasteiger partial charge in [0.2, 0.25) is 0 Å². The second-order valence-corrected chi connectivity index (χ2v) is 9.08. The van der Waals surface area contributed by atoms with E-state index in [-0.39, 0.29) is 6.61 Å². The van der Waals surface area contributed by atoms with E-state index in [1.54, 1.807) is 0 Å². The Kier molecular flexibility index (Phi) is 17.5. The second-order valence-electron chi connectivity index (χ2n) is 9.08. The fourth-order valence-corrected chi connectivity index (χ4v) is 3.96. The Bertz CT molecular complexity index is 529. The standard InChI is InChI=1S/C28H50O3/c1-4-7-9-10-11-12-13-14-15-16-17-19-30-27-20-26(23-29)21-28(22-27)31-24-25(6-3)18-8-5-2/h20-22,25,29H,4-19,23-24H2,1-3H3.